The van der Waals surface area contributed by atoms with E-state index >= 15 is 0 Å². The summed E-state index contributed by atoms with van der Waals surface area (Å²) in [6.45, 7) is 3.83. The van der Waals surface area contributed by atoms with Crippen molar-refractivity contribution < 1.29 is 13.9 Å². The van der Waals surface area contributed by atoms with E-state index in [0.717, 1.165) is 49.9 Å². The molecular formula is C23H31FO2. The second-order valence-electron chi connectivity index (χ2n) is 8.13. The Kier molecular flexibility index (Phi) is 6.87. The molecule has 0 N–H and O–H groups in total. The van der Waals surface area contributed by atoms with Crippen LogP contribution in [0, 0.1) is 29.5 Å². The first-order chi connectivity index (χ1) is 12.7. The van der Waals surface area contributed by atoms with Gasteiger partial charge in [0.25, 0.3) is 0 Å². The summed E-state index contributed by atoms with van der Waals surface area (Å²) in [4.78, 5) is 12.4. The van der Waals surface area contributed by atoms with Gasteiger partial charge in [-0.25, -0.2) is 4.39 Å². The maximum Gasteiger partial charge on any atom is 0.314 e. The molecule has 0 spiro atoms. The highest BCUT2D eigenvalue weighted by atomic mass is 19.1. The molecule has 0 aromatic heterocycles. The van der Waals surface area contributed by atoms with E-state index in [2.05, 4.69) is 6.58 Å². The van der Waals surface area contributed by atoms with Crippen molar-refractivity contribution in [2.75, 3.05) is 0 Å². The lowest BCUT2D eigenvalue weighted by Crippen LogP contribution is -2.30. The van der Waals surface area contributed by atoms with Gasteiger partial charge in [-0.05, 0) is 93.4 Å². The Labute approximate surface area is 156 Å². The standard InChI is InChI=1S/C23H31FO2/c1-2-3-4-17-5-7-18(8-6-17)19-9-11-20(12-10-19)23(25)26-22-15-13-21(24)14-16-22/h2,13-20H,1,3-12H2. The van der Waals surface area contributed by atoms with Crippen LogP contribution < -0.4 is 4.74 Å². The summed E-state index contributed by atoms with van der Waals surface area (Å²) < 4.78 is 18.4. The van der Waals surface area contributed by atoms with Crippen molar-refractivity contribution in [2.45, 2.75) is 64.2 Å². The number of benzene rings is 1. The van der Waals surface area contributed by atoms with Gasteiger partial charge >= 0.3 is 5.97 Å². The first-order valence-electron chi connectivity index (χ1n) is 10.2. The van der Waals surface area contributed by atoms with Gasteiger partial charge in [0.05, 0.1) is 5.92 Å². The van der Waals surface area contributed by atoms with Gasteiger partial charge < -0.3 is 4.74 Å². The molecule has 0 atom stereocenters. The zero-order chi connectivity index (χ0) is 18.4. The first-order valence-corrected chi connectivity index (χ1v) is 10.2. The van der Waals surface area contributed by atoms with Crippen molar-refractivity contribution in [3.63, 3.8) is 0 Å². The summed E-state index contributed by atoms with van der Waals surface area (Å²) in [7, 11) is 0. The maximum atomic E-state index is 12.9. The fourth-order valence-electron chi connectivity index (χ4n) is 4.83. The van der Waals surface area contributed by atoms with Crippen LogP contribution in [0.25, 0.3) is 0 Å². The summed E-state index contributed by atoms with van der Waals surface area (Å²) >= 11 is 0. The van der Waals surface area contributed by atoms with Crippen molar-refractivity contribution in [1.29, 1.82) is 0 Å². The minimum absolute atomic E-state index is 0.000216. The SMILES string of the molecule is C=CCCC1CCC(C2CCC(C(=O)Oc3ccc(F)cc3)CC2)CC1. The average Bonchev–Trinajstić information content (AvgIpc) is 2.68. The van der Waals surface area contributed by atoms with Crippen LogP contribution >= 0.6 is 0 Å². The van der Waals surface area contributed by atoms with Crippen molar-refractivity contribution in [3.05, 3.63) is 42.7 Å². The molecule has 2 saturated carbocycles. The molecular weight excluding hydrogens is 327 g/mol. The predicted octanol–water partition coefficient (Wildman–Crippen LogP) is 6.31. The van der Waals surface area contributed by atoms with Crippen LogP contribution in [0.5, 0.6) is 5.75 Å². The topological polar surface area (TPSA) is 26.3 Å². The molecule has 0 aliphatic heterocycles. The number of hydrogen-bond donors (Lipinski definition) is 0. The lowest BCUT2D eigenvalue weighted by Gasteiger charge is -2.37. The van der Waals surface area contributed by atoms with Crippen molar-refractivity contribution >= 4 is 5.97 Å². The smallest absolute Gasteiger partial charge is 0.314 e. The largest absolute Gasteiger partial charge is 0.426 e. The van der Waals surface area contributed by atoms with E-state index in [1.807, 2.05) is 6.08 Å². The summed E-state index contributed by atoms with van der Waals surface area (Å²) in [6, 6.07) is 5.68. The number of allylic oxidation sites excluding steroid dienone is 1. The van der Waals surface area contributed by atoms with Crippen molar-refractivity contribution in [2.24, 2.45) is 23.7 Å². The van der Waals surface area contributed by atoms with Crippen LogP contribution in [-0.4, -0.2) is 5.97 Å². The van der Waals surface area contributed by atoms with Crippen LogP contribution in [0.15, 0.2) is 36.9 Å². The van der Waals surface area contributed by atoms with Crippen LogP contribution in [0.1, 0.15) is 64.2 Å². The third-order valence-corrected chi connectivity index (χ3v) is 6.47. The molecule has 26 heavy (non-hydrogen) atoms. The molecule has 1 aromatic rings. The van der Waals surface area contributed by atoms with Gasteiger partial charge in [-0.15, -0.1) is 6.58 Å². The summed E-state index contributed by atoms with van der Waals surface area (Å²) in [5, 5.41) is 0. The zero-order valence-corrected chi connectivity index (χ0v) is 15.7. The molecule has 0 radical (unpaired) electrons. The van der Waals surface area contributed by atoms with Crippen molar-refractivity contribution in [3.8, 4) is 5.75 Å². The Morgan fingerprint density at radius 3 is 2.15 bits per heavy atom. The molecule has 1 aromatic carbocycles. The molecule has 3 rings (SSSR count). The molecule has 2 aliphatic rings. The highest BCUT2D eigenvalue weighted by molar-refractivity contribution is 5.75. The Morgan fingerprint density at radius 2 is 1.58 bits per heavy atom. The zero-order valence-electron chi connectivity index (χ0n) is 15.7. The fraction of sp³-hybridized carbons (Fsp3) is 0.609. The quantitative estimate of drug-likeness (QED) is 0.338. The number of esters is 1. The number of ether oxygens (including phenoxy) is 1. The first kappa shape index (κ1) is 19.1. The van der Waals surface area contributed by atoms with Gasteiger partial charge in [-0.2, -0.15) is 0 Å². The number of halogens is 1. The second-order valence-corrected chi connectivity index (χ2v) is 8.13. The van der Waals surface area contributed by atoms with E-state index in [9.17, 15) is 9.18 Å². The molecule has 0 unspecified atom stereocenters. The third-order valence-electron chi connectivity index (χ3n) is 6.47. The van der Waals surface area contributed by atoms with Crippen LogP contribution in [0.4, 0.5) is 4.39 Å². The van der Waals surface area contributed by atoms with Crippen molar-refractivity contribution in [1.82, 2.24) is 0 Å². The maximum absolute atomic E-state index is 12.9. The van der Waals surface area contributed by atoms with Crippen LogP contribution in [-0.2, 0) is 4.79 Å². The lowest BCUT2D eigenvalue weighted by molar-refractivity contribution is -0.140. The van der Waals surface area contributed by atoms with E-state index in [0.29, 0.717) is 5.75 Å². The van der Waals surface area contributed by atoms with Gasteiger partial charge in [0.1, 0.15) is 11.6 Å². The van der Waals surface area contributed by atoms with E-state index in [1.165, 1.54) is 56.4 Å². The van der Waals surface area contributed by atoms with Gasteiger partial charge in [-0.3, -0.25) is 4.79 Å². The monoisotopic (exact) mass is 358 g/mol. The summed E-state index contributed by atoms with van der Waals surface area (Å²) in [5.74, 6) is 2.50. The van der Waals surface area contributed by atoms with Crippen LogP contribution in [0.3, 0.4) is 0 Å². The number of carbonyl (C=O) groups is 1. The summed E-state index contributed by atoms with van der Waals surface area (Å²) in [5.41, 5.74) is 0. The minimum Gasteiger partial charge on any atom is -0.426 e. The van der Waals surface area contributed by atoms with Gasteiger partial charge in [0.2, 0.25) is 0 Å². The average molecular weight is 358 g/mol. The fourth-order valence-corrected chi connectivity index (χ4v) is 4.83. The molecule has 142 valence electrons. The molecule has 0 heterocycles. The highest BCUT2D eigenvalue weighted by Gasteiger charge is 2.33. The molecule has 2 nitrogen and oxygen atoms in total. The Hall–Kier alpha value is -1.64. The lowest BCUT2D eigenvalue weighted by atomic mass is 9.69. The predicted molar refractivity (Wildman–Crippen MR) is 102 cm³/mol. The normalized spacial score (nSPS) is 29.1. The van der Waals surface area contributed by atoms with E-state index < -0.39 is 0 Å². The van der Waals surface area contributed by atoms with Gasteiger partial charge in [-0.1, -0.05) is 18.9 Å². The van der Waals surface area contributed by atoms with Gasteiger partial charge in [0.15, 0.2) is 0 Å². The Bertz CT molecular complexity index is 579. The Morgan fingerprint density at radius 1 is 1.00 bits per heavy atom. The number of hydrogen-bond acceptors (Lipinski definition) is 2. The molecule has 0 amide bonds. The minimum atomic E-state index is -0.315. The molecule has 0 saturated heterocycles. The number of rotatable bonds is 6. The van der Waals surface area contributed by atoms with E-state index in [1.54, 1.807) is 0 Å². The molecule has 2 aliphatic carbocycles. The van der Waals surface area contributed by atoms with Crippen LogP contribution in [0.2, 0.25) is 0 Å². The van der Waals surface area contributed by atoms with E-state index in [4.69, 9.17) is 4.74 Å². The molecule has 0 bridgehead atoms. The van der Waals surface area contributed by atoms with Gasteiger partial charge in [0, 0.05) is 0 Å². The van der Waals surface area contributed by atoms with E-state index in [-0.39, 0.29) is 17.7 Å². The second kappa shape index (κ2) is 9.34. The number of carbonyl (C=O) groups excluding carboxylic acids is 1. The third kappa shape index (κ3) is 5.18. The Balaban J connectivity index is 1.40. The highest BCUT2D eigenvalue weighted by Crippen LogP contribution is 2.42. The molecule has 2 fully saturated rings. The summed E-state index contributed by atoms with van der Waals surface area (Å²) in [6.07, 6.45) is 14.1. The molecule has 3 heteroatoms.